The summed E-state index contributed by atoms with van der Waals surface area (Å²) in [6.45, 7) is 7.95. The fourth-order valence-electron chi connectivity index (χ4n) is 4.32. The summed E-state index contributed by atoms with van der Waals surface area (Å²) >= 11 is 0. The van der Waals surface area contributed by atoms with E-state index in [0.717, 1.165) is 12.1 Å². The van der Waals surface area contributed by atoms with Crippen LogP contribution in [0.25, 0.3) is 0 Å². The van der Waals surface area contributed by atoms with Crippen molar-refractivity contribution in [3.8, 4) is 0 Å². The van der Waals surface area contributed by atoms with Gasteiger partial charge in [0, 0.05) is 18.6 Å². The van der Waals surface area contributed by atoms with Crippen molar-refractivity contribution >= 4 is 0 Å². The third kappa shape index (κ3) is 4.19. The Morgan fingerprint density at radius 3 is 2.30 bits per heavy atom. The van der Waals surface area contributed by atoms with E-state index in [1.54, 1.807) is 0 Å². The molecule has 3 fully saturated rings. The second-order valence-corrected chi connectivity index (χ2v) is 7.13. The van der Waals surface area contributed by atoms with Gasteiger partial charge in [-0.15, -0.1) is 0 Å². The molecule has 0 aromatic rings. The molecule has 0 aromatic heterocycles. The molecule has 3 heterocycles. The van der Waals surface area contributed by atoms with Crippen LogP contribution in [0.5, 0.6) is 0 Å². The Hall–Kier alpha value is -0.120. The molecule has 116 valence electrons. The number of piperidine rings is 2. The first kappa shape index (κ1) is 14.8. The second kappa shape index (κ2) is 7.77. The Balaban J connectivity index is 1.39. The van der Waals surface area contributed by atoms with Crippen molar-refractivity contribution in [2.75, 3.05) is 39.3 Å². The van der Waals surface area contributed by atoms with E-state index >= 15 is 0 Å². The zero-order valence-electron chi connectivity index (χ0n) is 13.2. The number of hydrogen-bond acceptors (Lipinski definition) is 3. The summed E-state index contributed by atoms with van der Waals surface area (Å²) in [4.78, 5) is 5.51. The van der Waals surface area contributed by atoms with E-state index in [4.69, 9.17) is 0 Å². The average Bonchev–Trinajstić information content (AvgIpc) is 2.78. The van der Waals surface area contributed by atoms with Gasteiger partial charge in [-0.3, -0.25) is 0 Å². The predicted octanol–water partition coefficient (Wildman–Crippen LogP) is 2.47. The van der Waals surface area contributed by atoms with E-state index in [1.807, 2.05) is 0 Å². The molecule has 20 heavy (non-hydrogen) atoms. The van der Waals surface area contributed by atoms with Crippen molar-refractivity contribution in [3.63, 3.8) is 0 Å². The molecule has 0 spiro atoms. The molecule has 3 saturated heterocycles. The predicted molar refractivity (Wildman–Crippen MR) is 85.1 cm³/mol. The fourth-order valence-corrected chi connectivity index (χ4v) is 4.32. The molecule has 1 atom stereocenters. The molecular formula is C17H33N3. The summed E-state index contributed by atoms with van der Waals surface area (Å²) in [6, 6.07) is 1.66. The Kier molecular flexibility index (Phi) is 5.75. The molecule has 0 aliphatic carbocycles. The molecule has 0 amide bonds. The zero-order chi connectivity index (χ0) is 13.6. The number of nitrogens with zero attached hydrogens (tertiary/aromatic N) is 2. The number of nitrogens with one attached hydrogen (secondary N) is 1. The Bertz CT molecular complexity index is 259. The lowest BCUT2D eigenvalue weighted by molar-refractivity contribution is 0.0878. The summed E-state index contributed by atoms with van der Waals surface area (Å²) in [6.07, 6.45) is 12.8. The minimum atomic E-state index is 0.768. The van der Waals surface area contributed by atoms with Crippen LogP contribution >= 0.6 is 0 Å². The smallest absolute Gasteiger partial charge is 0.0195 e. The van der Waals surface area contributed by atoms with Crippen LogP contribution < -0.4 is 5.32 Å². The van der Waals surface area contributed by atoms with Crippen LogP contribution in [0.1, 0.15) is 57.8 Å². The number of hydrogen-bond donors (Lipinski definition) is 1. The highest BCUT2D eigenvalue weighted by Gasteiger charge is 2.26. The highest BCUT2D eigenvalue weighted by molar-refractivity contribution is 4.84. The average molecular weight is 279 g/mol. The maximum absolute atomic E-state index is 3.75. The first-order chi connectivity index (χ1) is 9.92. The first-order valence-corrected chi connectivity index (χ1v) is 9.11. The summed E-state index contributed by atoms with van der Waals surface area (Å²) in [5.74, 6) is 0. The van der Waals surface area contributed by atoms with Crippen molar-refractivity contribution < 1.29 is 0 Å². The Labute approximate surface area is 125 Å². The maximum atomic E-state index is 3.75. The molecule has 3 heteroatoms. The highest BCUT2D eigenvalue weighted by atomic mass is 15.2. The van der Waals surface area contributed by atoms with E-state index in [0.29, 0.717) is 0 Å². The molecular weight excluding hydrogens is 246 g/mol. The largest absolute Gasteiger partial charge is 0.313 e. The van der Waals surface area contributed by atoms with Crippen molar-refractivity contribution in [3.05, 3.63) is 0 Å². The van der Waals surface area contributed by atoms with Crippen LogP contribution in [0.4, 0.5) is 0 Å². The van der Waals surface area contributed by atoms with Crippen molar-refractivity contribution in [1.82, 2.24) is 15.1 Å². The molecule has 3 aliphatic rings. The van der Waals surface area contributed by atoms with Gasteiger partial charge in [0.05, 0.1) is 0 Å². The molecule has 3 aliphatic heterocycles. The third-order valence-corrected chi connectivity index (χ3v) is 5.61. The van der Waals surface area contributed by atoms with Crippen LogP contribution in [0, 0.1) is 0 Å². The number of likely N-dealkylation sites (tertiary alicyclic amines) is 2. The van der Waals surface area contributed by atoms with Gasteiger partial charge in [-0.25, -0.2) is 0 Å². The lowest BCUT2D eigenvalue weighted by atomic mass is 9.99. The van der Waals surface area contributed by atoms with Crippen LogP contribution in [-0.4, -0.2) is 61.2 Å². The van der Waals surface area contributed by atoms with E-state index in [-0.39, 0.29) is 0 Å². The topological polar surface area (TPSA) is 18.5 Å². The van der Waals surface area contributed by atoms with Crippen molar-refractivity contribution in [2.24, 2.45) is 0 Å². The van der Waals surface area contributed by atoms with Crippen LogP contribution in [0.2, 0.25) is 0 Å². The van der Waals surface area contributed by atoms with E-state index in [9.17, 15) is 0 Å². The summed E-state index contributed by atoms with van der Waals surface area (Å²) < 4.78 is 0. The molecule has 0 saturated carbocycles. The monoisotopic (exact) mass is 279 g/mol. The first-order valence-electron chi connectivity index (χ1n) is 9.11. The summed E-state index contributed by atoms with van der Waals surface area (Å²) in [7, 11) is 0. The molecule has 1 unspecified atom stereocenters. The lowest BCUT2D eigenvalue weighted by Gasteiger charge is -2.41. The van der Waals surface area contributed by atoms with E-state index < -0.39 is 0 Å². The Morgan fingerprint density at radius 1 is 0.750 bits per heavy atom. The number of rotatable bonds is 3. The van der Waals surface area contributed by atoms with Gasteiger partial charge >= 0.3 is 0 Å². The zero-order valence-corrected chi connectivity index (χ0v) is 13.2. The van der Waals surface area contributed by atoms with Gasteiger partial charge < -0.3 is 15.1 Å². The standard InChI is InChI=1S/C17H33N3/c1-3-7-16(18-10-4-1)15-19-13-8-17(9-14-19)20-11-5-2-6-12-20/h16-18H,1-15H2. The second-order valence-electron chi connectivity index (χ2n) is 7.13. The summed E-state index contributed by atoms with van der Waals surface area (Å²) in [5.41, 5.74) is 0. The van der Waals surface area contributed by atoms with E-state index in [1.165, 1.54) is 97.1 Å². The van der Waals surface area contributed by atoms with Gasteiger partial charge in [-0.05, 0) is 71.2 Å². The van der Waals surface area contributed by atoms with Gasteiger partial charge in [0.2, 0.25) is 0 Å². The van der Waals surface area contributed by atoms with Crippen molar-refractivity contribution in [2.45, 2.75) is 69.9 Å². The molecule has 1 N–H and O–H groups in total. The maximum Gasteiger partial charge on any atom is 0.0195 e. The SMILES string of the molecule is C1CCNC(CN2CCC(N3CCCCC3)CC2)CC1. The molecule has 0 radical (unpaired) electrons. The van der Waals surface area contributed by atoms with Crippen LogP contribution in [0.15, 0.2) is 0 Å². The summed E-state index contributed by atoms with van der Waals surface area (Å²) in [5, 5.41) is 3.75. The van der Waals surface area contributed by atoms with E-state index in [2.05, 4.69) is 15.1 Å². The van der Waals surface area contributed by atoms with Gasteiger partial charge in [0.25, 0.3) is 0 Å². The van der Waals surface area contributed by atoms with Gasteiger partial charge in [-0.2, -0.15) is 0 Å². The van der Waals surface area contributed by atoms with Gasteiger partial charge in [-0.1, -0.05) is 19.3 Å². The van der Waals surface area contributed by atoms with Gasteiger partial charge in [0.1, 0.15) is 0 Å². The Morgan fingerprint density at radius 2 is 1.50 bits per heavy atom. The molecule has 0 aromatic carbocycles. The normalized spacial score (nSPS) is 32.1. The van der Waals surface area contributed by atoms with Gasteiger partial charge in [0.15, 0.2) is 0 Å². The quantitative estimate of drug-likeness (QED) is 0.856. The minimum Gasteiger partial charge on any atom is -0.313 e. The van der Waals surface area contributed by atoms with Crippen LogP contribution in [-0.2, 0) is 0 Å². The fraction of sp³-hybridized carbons (Fsp3) is 1.00. The molecule has 0 bridgehead atoms. The van der Waals surface area contributed by atoms with Crippen molar-refractivity contribution in [1.29, 1.82) is 0 Å². The highest BCUT2D eigenvalue weighted by Crippen LogP contribution is 2.21. The molecule has 3 rings (SSSR count). The lowest BCUT2D eigenvalue weighted by Crippen LogP contribution is -2.49. The third-order valence-electron chi connectivity index (χ3n) is 5.61. The van der Waals surface area contributed by atoms with Crippen LogP contribution in [0.3, 0.4) is 0 Å². The minimum absolute atomic E-state index is 0.768. The molecule has 3 nitrogen and oxygen atoms in total.